The standard InChI is InChI=1S/C12H23N3O2S/c1-4-8-18(16,17)9-7-15-11(3)12(5-6-13)10(2)14-15/h4-9,13H2,1-3H3. The van der Waals surface area contributed by atoms with Crippen LogP contribution in [0.4, 0.5) is 0 Å². The summed E-state index contributed by atoms with van der Waals surface area (Å²) in [4.78, 5) is 0. The first-order valence-corrected chi connectivity index (χ1v) is 8.16. The van der Waals surface area contributed by atoms with Crippen LogP contribution in [0.15, 0.2) is 0 Å². The van der Waals surface area contributed by atoms with Crippen LogP contribution in [0.25, 0.3) is 0 Å². The van der Waals surface area contributed by atoms with Crippen molar-refractivity contribution in [2.75, 3.05) is 18.1 Å². The van der Waals surface area contributed by atoms with E-state index in [4.69, 9.17) is 5.73 Å². The molecule has 1 aromatic heterocycles. The lowest BCUT2D eigenvalue weighted by Gasteiger charge is -2.06. The van der Waals surface area contributed by atoms with E-state index in [1.54, 1.807) is 4.68 Å². The molecule has 0 aromatic carbocycles. The molecule has 1 heterocycles. The van der Waals surface area contributed by atoms with E-state index < -0.39 is 9.84 Å². The number of nitrogens with zero attached hydrogens (tertiary/aromatic N) is 2. The van der Waals surface area contributed by atoms with Crippen molar-refractivity contribution in [3.8, 4) is 0 Å². The van der Waals surface area contributed by atoms with Crippen LogP contribution < -0.4 is 5.73 Å². The Balaban J connectivity index is 2.77. The van der Waals surface area contributed by atoms with Crippen LogP contribution in [-0.2, 0) is 22.8 Å². The number of nitrogens with two attached hydrogens (primary N) is 1. The first kappa shape index (κ1) is 15.2. The average molecular weight is 273 g/mol. The molecule has 1 rings (SSSR count). The summed E-state index contributed by atoms with van der Waals surface area (Å²) in [6, 6.07) is 0. The molecule has 5 nitrogen and oxygen atoms in total. The van der Waals surface area contributed by atoms with E-state index in [2.05, 4.69) is 5.10 Å². The maximum atomic E-state index is 11.7. The zero-order valence-corrected chi connectivity index (χ0v) is 12.3. The topological polar surface area (TPSA) is 78.0 Å². The van der Waals surface area contributed by atoms with Crippen molar-refractivity contribution < 1.29 is 8.42 Å². The van der Waals surface area contributed by atoms with E-state index in [0.717, 1.165) is 23.4 Å². The molecule has 0 aliphatic heterocycles. The van der Waals surface area contributed by atoms with Gasteiger partial charge in [0.05, 0.1) is 18.0 Å². The van der Waals surface area contributed by atoms with Crippen molar-refractivity contribution in [1.29, 1.82) is 0 Å². The second-order valence-electron chi connectivity index (χ2n) is 4.56. The molecule has 0 aliphatic carbocycles. The largest absolute Gasteiger partial charge is 0.330 e. The van der Waals surface area contributed by atoms with Gasteiger partial charge >= 0.3 is 0 Å². The molecular formula is C12H23N3O2S. The normalized spacial score (nSPS) is 12.0. The summed E-state index contributed by atoms with van der Waals surface area (Å²) >= 11 is 0. The van der Waals surface area contributed by atoms with Crippen molar-refractivity contribution in [2.24, 2.45) is 5.73 Å². The van der Waals surface area contributed by atoms with Crippen LogP contribution in [0.5, 0.6) is 0 Å². The maximum absolute atomic E-state index is 11.7. The van der Waals surface area contributed by atoms with E-state index in [1.165, 1.54) is 0 Å². The molecule has 0 aliphatic rings. The van der Waals surface area contributed by atoms with Gasteiger partial charge in [-0.15, -0.1) is 0 Å². The van der Waals surface area contributed by atoms with Gasteiger partial charge in [-0.2, -0.15) is 5.10 Å². The Morgan fingerprint density at radius 2 is 1.94 bits per heavy atom. The molecule has 0 atom stereocenters. The summed E-state index contributed by atoms with van der Waals surface area (Å²) in [7, 11) is -2.95. The fraction of sp³-hybridized carbons (Fsp3) is 0.750. The Morgan fingerprint density at radius 3 is 2.50 bits per heavy atom. The molecule has 0 saturated carbocycles. The monoisotopic (exact) mass is 273 g/mol. The predicted octanol–water partition coefficient (Wildman–Crippen LogP) is 0.826. The van der Waals surface area contributed by atoms with Crippen LogP contribution in [0, 0.1) is 13.8 Å². The van der Waals surface area contributed by atoms with Gasteiger partial charge in [-0.3, -0.25) is 4.68 Å². The Hall–Kier alpha value is -0.880. The minimum atomic E-state index is -2.95. The van der Waals surface area contributed by atoms with E-state index in [0.29, 0.717) is 19.5 Å². The molecule has 0 radical (unpaired) electrons. The van der Waals surface area contributed by atoms with Crippen LogP contribution >= 0.6 is 0 Å². The molecule has 0 fully saturated rings. The zero-order chi connectivity index (χ0) is 13.8. The van der Waals surface area contributed by atoms with Gasteiger partial charge < -0.3 is 5.73 Å². The molecule has 0 spiro atoms. The Kier molecular flexibility index (Phi) is 5.34. The van der Waals surface area contributed by atoms with Gasteiger partial charge in [0, 0.05) is 11.4 Å². The third-order valence-corrected chi connectivity index (χ3v) is 4.89. The molecule has 18 heavy (non-hydrogen) atoms. The van der Waals surface area contributed by atoms with Gasteiger partial charge in [-0.1, -0.05) is 6.92 Å². The number of hydrogen-bond donors (Lipinski definition) is 1. The van der Waals surface area contributed by atoms with Gasteiger partial charge in [-0.05, 0) is 38.8 Å². The van der Waals surface area contributed by atoms with Gasteiger partial charge in [0.2, 0.25) is 0 Å². The molecule has 0 bridgehead atoms. The second kappa shape index (κ2) is 6.33. The van der Waals surface area contributed by atoms with Crippen molar-refractivity contribution in [3.63, 3.8) is 0 Å². The third-order valence-electron chi connectivity index (χ3n) is 3.05. The number of rotatable bonds is 7. The Labute approximate surface area is 109 Å². The van der Waals surface area contributed by atoms with Crippen LogP contribution in [0.2, 0.25) is 0 Å². The molecule has 0 saturated heterocycles. The highest BCUT2D eigenvalue weighted by atomic mass is 32.2. The molecule has 2 N–H and O–H groups in total. The predicted molar refractivity (Wildman–Crippen MR) is 73.4 cm³/mol. The van der Waals surface area contributed by atoms with E-state index in [9.17, 15) is 8.42 Å². The Bertz CT molecular complexity index is 492. The quantitative estimate of drug-likeness (QED) is 0.798. The highest BCUT2D eigenvalue weighted by molar-refractivity contribution is 7.91. The van der Waals surface area contributed by atoms with Crippen molar-refractivity contribution in [1.82, 2.24) is 9.78 Å². The molecule has 104 valence electrons. The summed E-state index contributed by atoms with van der Waals surface area (Å²) in [5.41, 5.74) is 8.68. The highest BCUT2D eigenvalue weighted by Crippen LogP contribution is 2.13. The fourth-order valence-corrected chi connectivity index (χ4v) is 3.37. The van der Waals surface area contributed by atoms with Crippen molar-refractivity contribution in [2.45, 2.75) is 40.2 Å². The molecule has 1 aromatic rings. The number of aromatic nitrogens is 2. The maximum Gasteiger partial charge on any atom is 0.152 e. The van der Waals surface area contributed by atoms with Crippen molar-refractivity contribution in [3.05, 3.63) is 17.0 Å². The fourth-order valence-electron chi connectivity index (χ4n) is 2.10. The molecule has 0 unspecified atom stereocenters. The summed E-state index contributed by atoms with van der Waals surface area (Å²) in [5.74, 6) is 0.410. The van der Waals surface area contributed by atoms with Crippen LogP contribution in [-0.4, -0.2) is 36.2 Å². The third kappa shape index (κ3) is 3.81. The van der Waals surface area contributed by atoms with Gasteiger partial charge in [0.1, 0.15) is 0 Å². The van der Waals surface area contributed by atoms with Crippen LogP contribution in [0.1, 0.15) is 30.3 Å². The zero-order valence-electron chi connectivity index (χ0n) is 11.4. The summed E-state index contributed by atoms with van der Waals surface area (Å²) in [5, 5.41) is 4.39. The summed E-state index contributed by atoms with van der Waals surface area (Å²) < 4.78 is 25.1. The molecular weight excluding hydrogens is 250 g/mol. The van der Waals surface area contributed by atoms with Gasteiger partial charge in [0.25, 0.3) is 0 Å². The van der Waals surface area contributed by atoms with E-state index in [-0.39, 0.29) is 11.5 Å². The highest BCUT2D eigenvalue weighted by Gasteiger charge is 2.14. The van der Waals surface area contributed by atoms with Gasteiger partial charge in [0.15, 0.2) is 9.84 Å². The number of sulfone groups is 1. The summed E-state index contributed by atoms with van der Waals surface area (Å²) in [6.07, 6.45) is 1.46. The van der Waals surface area contributed by atoms with E-state index >= 15 is 0 Å². The lowest BCUT2D eigenvalue weighted by molar-refractivity contribution is 0.575. The molecule has 6 heteroatoms. The van der Waals surface area contributed by atoms with E-state index in [1.807, 2.05) is 20.8 Å². The average Bonchev–Trinajstić information content (AvgIpc) is 2.55. The second-order valence-corrected chi connectivity index (χ2v) is 6.87. The lowest BCUT2D eigenvalue weighted by atomic mass is 10.1. The van der Waals surface area contributed by atoms with Gasteiger partial charge in [-0.25, -0.2) is 8.42 Å². The summed E-state index contributed by atoms with van der Waals surface area (Å²) in [6.45, 7) is 6.80. The van der Waals surface area contributed by atoms with Crippen LogP contribution in [0.3, 0.4) is 0 Å². The minimum absolute atomic E-state index is 0.158. The minimum Gasteiger partial charge on any atom is -0.330 e. The first-order chi connectivity index (χ1) is 8.41. The number of aryl methyl sites for hydroxylation is 2. The Morgan fingerprint density at radius 1 is 1.28 bits per heavy atom. The lowest BCUT2D eigenvalue weighted by Crippen LogP contribution is -2.17. The first-order valence-electron chi connectivity index (χ1n) is 6.34. The number of hydrogen-bond acceptors (Lipinski definition) is 4. The van der Waals surface area contributed by atoms with Crippen molar-refractivity contribution >= 4 is 9.84 Å². The SMILES string of the molecule is CCCS(=O)(=O)CCn1nc(C)c(CCN)c1C. The molecule has 0 amide bonds. The smallest absolute Gasteiger partial charge is 0.152 e.